The minimum Gasteiger partial charge on any atom is -0.382 e. The van der Waals surface area contributed by atoms with Gasteiger partial charge in [-0.2, -0.15) is 5.10 Å². The zero-order valence-corrected chi connectivity index (χ0v) is 12.2. The molecule has 1 fully saturated rings. The summed E-state index contributed by atoms with van der Waals surface area (Å²) < 4.78 is 12.2. The van der Waals surface area contributed by atoms with Gasteiger partial charge in [0.1, 0.15) is 5.69 Å². The van der Waals surface area contributed by atoms with Gasteiger partial charge in [0.2, 0.25) is 0 Å². The maximum atomic E-state index is 12.2. The number of likely N-dealkylation sites (tertiary alicyclic amines) is 1. The Kier molecular flexibility index (Phi) is 5.55. The van der Waals surface area contributed by atoms with E-state index in [9.17, 15) is 4.79 Å². The Labute approximate surface area is 119 Å². The van der Waals surface area contributed by atoms with Crippen molar-refractivity contribution in [2.24, 2.45) is 13.0 Å². The van der Waals surface area contributed by atoms with E-state index >= 15 is 0 Å². The molecule has 6 heteroatoms. The van der Waals surface area contributed by atoms with Gasteiger partial charge in [0.25, 0.3) is 5.91 Å². The fraction of sp³-hybridized carbons (Fsp3) is 0.714. The standard InChI is InChI=1S/C14H23N3O3/c1-16-6-5-13(15-16)14(18)17-7-3-12(4-8-17)11-20-10-9-19-2/h5-6,12H,3-4,7-11H2,1-2H3. The van der Waals surface area contributed by atoms with Gasteiger partial charge in [-0.05, 0) is 24.8 Å². The molecule has 1 saturated heterocycles. The highest BCUT2D eigenvalue weighted by molar-refractivity contribution is 5.92. The number of aryl methyl sites for hydroxylation is 1. The molecule has 0 saturated carbocycles. The third-order valence-corrected chi connectivity index (χ3v) is 3.62. The topological polar surface area (TPSA) is 56.6 Å². The Bertz CT molecular complexity index is 425. The molecule has 2 heterocycles. The van der Waals surface area contributed by atoms with Crippen LogP contribution in [-0.2, 0) is 16.5 Å². The molecule has 0 aliphatic carbocycles. The molecule has 0 aromatic carbocycles. The number of carbonyl (C=O) groups excluding carboxylic acids is 1. The Morgan fingerprint density at radius 1 is 1.40 bits per heavy atom. The summed E-state index contributed by atoms with van der Waals surface area (Å²) in [5, 5.41) is 4.16. The molecule has 20 heavy (non-hydrogen) atoms. The highest BCUT2D eigenvalue weighted by Crippen LogP contribution is 2.18. The zero-order valence-electron chi connectivity index (χ0n) is 12.2. The van der Waals surface area contributed by atoms with E-state index in [-0.39, 0.29) is 5.91 Å². The second kappa shape index (κ2) is 7.40. The predicted octanol–water partition coefficient (Wildman–Crippen LogP) is 0.935. The van der Waals surface area contributed by atoms with Crippen LogP contribution in [0.3, 0.4) is 0 Å². The number of rotatable bonds is 6. The van der Waals surface area contributed by atoms with Crippen LogP contribution in [-0.4, -0.2) is 60.6 Å². The molecule has 0 atom stereocenters. The molecule has 0 unspecified atom stereocenters. The highest BCUT2D eigenvalue weighted by Gasteiger charge is 2.24. The molecule has 1 aromatic heterocycles. The lowest BCUT2D eigenvalue weighted by Crippen LogP contribution is -2.39. The van der Waals surface area contributed by atoms with Crippen molar-refractivity contribution in [3.8, 4) is 0 Å². The van der Waals surface area contributed by atoms with E-state index in [1.165, 1.54) is 0 Å². The first-order valence-corrected chi connectivity index (χ1v) is 7.06. The highest BCUT2D eigenvalue weighted by atomic mass is 16.5. The number of amides is 1. The van der Waals surface area contributed by atoms with Crippen LogP contribution in [0, 0.1) is 5.92 Å². The summed E-state index contributed by atoms with van der Waals surface area (Å²) in [5.74, 6) is 0.573. The van der Waals surface area contributed by atoms with Gasteiger partial charge in [0.05, 0.1) is 13.2 Å². The lowest BCUT2D eigenvalue weighted by molar-refractivity contribution is 0.0326. The summed E-state index contributed by atoms with van der Waals surface area (Å²) in [6.07, 6.45) is 3.78. The van der Waals surface area contributed by atoms with Crippen molar-refractivity contribution in [3.05, 3.63) is 18.0 Å². The number of hydrogen-bond donors (Lipinski definition) is 0. The lowest BCUT2D eigenvalue weighted by atomic mass is 9.97. The van der Waals surface area contributed by atoms with Gasteiger partial charge in [-0.1, -0.05) is 0 Å². The second-order valence-electron chi connectivity index (χ2n) is 5.18. The summed E-state index contributed by atoms with van der Waals surface area (Å²) in [6.45, 7) is 3.61. The molecule has 1 aromatic rings. The molecule has 1 aliphatic rings. The summed E-state index contributed by atoms with van der Waals surface area (Å²) >= 11 is 0. The number of hydrogen-bond acceptors (Lipinski definition) is 4. The van der Waals surface area contributed by atoms with Crippen LogP contribution >= 0.6 is 0 Å². The SMILES string of the molecule is COCCOCC1CCN(C(=O)c2ccn(C)n2)CC1. The van der Waals surface area contributed by atoms with Gasteiger partial charge in [-0.25, -0.2) is 0 Å². The van der Waals surface area contributed by atoms with Crippen LogP contribution in [0.4, 0.5) is 0 Å². The number of nitrogens with zero attached hydrogens (tertiary/aromatic N) is 3. The molecular formula is C14H23N3O3. The van der Waals surface area contributed by atoms with E-state index in [1.807, 2.05) is 11.9 Å². The van der Waals surface area contributed by atoms with E-state index in [1.54, 1.807) is 24.1 Å². The molecule has 0 bridgehead atoms. The van der Waals surface area contributed by atoms with Crippen LogP contribution in [0.5, 0.6) is 0 Å². The van der Waals surface area contributed by atoms with Crippen LogP contribution in [0.1, 0.15) is 23.3 Å². The Hall–Kier alpha value is -1.40. The molecule has 0 spiro atoms. The maximum Gasteiger partial charge on any atom is 0.274 e. The van der Waals surface area contributed by atoms with Crippen LogP contribution in [0.15, 0.2) is 12.3 Å². The van der Waals surface area contributed by atoms with Gasteiger partial charge in [0.15, 0.2) is 0 Å². The number of piperidine rings is 1. The van der Waals surface area contributed by atoms with Crippen LogP contribution < -0.4 is 0 Å². The minimum atomic E-state index is 0.0318. The maximum absolute atomic E-state index is 12.2. The van der Waals surface area contributed by atoms with E-state index in [4.69, 9.17) is 9.47 Å². The van der Waals surface area contributed by atoms with E-state index in [0.717, 1.165) is 32.5 Å². The number of ether oxygens (including phenoxy) is 2. The summed E-state index contributed by atoms with van der Waals surface area (Å²) in [6, 6.07) is 1.77. The van der Waals surface area contributed by atoms with Gasteiger partial charge >= 0.3 is 0 Å². The molecule has 0 N–H and O–H groups in total. The normalized spacial score (nSPS) is 16.6. The van der Waals surface area contributed by atoms with E-state index in [0.29, 0.717) is 24.8 Å². The zero-order chi connectivity index (χ0) is 14.4. The molecule has 2 rings (SSSR count). The molecule has 6 nitrogen and oxygen atoms in total. The predicted molar refractivity (Wildman–Crippen MR) is 74.5 cm³/mol. The molecule has 0 radical (unpaired) electrons. The molecule has 112 valence electrons. The van der Waals surface area contributed by atoms with Gasteiger partial charge in [-0.15, -0.1) is 0 Å². The van der Waals surface area contributed by atoms with Crippen molar-refractivity contribution in [1.29, 1.82) is 0 Å². The average molecular weight is 281 g/mol. The number of methoxy groups -OCH3 is 1. The number of carbonyl (C=O) groups is 1. The Morgan fingerprint density at radius 2 is 2.15 bits per heavy atom. The number of aromatic nitrogens is 2. The molecule has 1 amide bonds. The van der Waals surface area contributed by atoms with E-state index < -0.39 is 0 Å². The van der Waals surface area contributed by atoms with Crippen LogP contribution in [0.2, 0.25) is 0 Å². The summed E-state index contributed by atoms with van der Waals surface area (Å²) in [4.78, 5) is 14.1. The van der Waals surface area contributed by atoms with Crippen molar-refractivity contribution in [2.75, 3.05) is 40.0 Å². The largest absolute Gasteiger partial charge is 0.382 e. The van der Waals surface area contributed by atoms with Crippen molar-refractivity contribution in [1.82, 2.24) is 14.7 Å². The quantitative estimate of drug-likeness (QED) is 0.728. The Balaban J connectivity index is 1.72. The second-order valence-corrected chi connectivity index (χ2v) is 5.18. The van der Waals surface area contributed by atoms with Gasteiger partial charge < -0.3 is 14.4 Å². The van der Waals surface area contributed by atoms with Gasteiger partial charge in [0, 0.05) is 40.1 Å². The first-order valence-electron chi connectivity index (χ1n) is 7.06. The first kappa shape index (κ1) is 15.0. The third kappa shape index (κ3) is 4.05. The van der Waals surface area contributed by atoms with Crippen molar-refractivity contribution >= 4 is 5.91 Å². The monoisotopic (exact) mass is 281 g/mol. The van der Waals surface area contributed by atoms with Crippen molar-refractivity contribution in [3.63, 3.8) is 0 Å². The van der Waals surface area contributed by atoms with Crippen molar-refractivity contribution < 1.29 is 14.3 Å². The fourth-order valence-electron chi connectivity index (χ4n) is 2.39. The third-order valence-electron chi connectivity index (χ3n) is 3.62. The van der Waals surface area contributed by atoms with Crippen LogP contribution in [0.25, 0.3) is 0 Å². The average Bonchev–Trinajstić information content (AvgIpc) is 2.90. The van der Waals surface area contributed by atoms with Gasteiger partial charge in [-0.3, -0.25) is 9.48 Å². The minimum absolute atomic E-state index is 0.0318. The summed E-state index contributed by atoms with van der Waals surface area (Å²) in [7, 11) is 3.49. The molecular weight excluding hydrogens is 258 g/mol. The Morgan fingerprint density at radius 3 is 2.75 bits per heavy atom. The van der Waals surface area contributed by atoms with Crippen molar-refractivity contribution in [2.45, 2.75) is 12.8 Å². The lowest BCUT2D eigenvalue weighted by Gasteiger charge is -2.31. The first-order chi connectivity index (χ1) is 9.70. The summed E-state index contributed by atoms with van der Waals surface area (Å²) in [5.41, 5.74) is 0.530. The van der Waals surface area contributed by atoms with E-state index in [2.05, 4.69) is 5.10 Å². The molecule has 1 aliphatic heterocycles. The smallest absolute Gasteiger partial charge is 0.274 e. The fourth-order valence-corrected chi connectivity index (χ4v) is 2.39.